The number of nitrogen functional groups attached to an aromatic ring is 1. The standard InChI is InChI=1S/C26H24N2O3S2/c1-3-18-13-15-20(16-14-18)33(30,31)25-22(27)24(23(29)19-10-5-4-6-11-19)32-26(25)28-21-12-8-7-9-17(21)2/h4-16,28H,3,27H2,1-2H3. The topological polar surface area (TPSA) is 89.3 Å². The molecular formula is C26H24N2O3S2. The first-order valence-corrected chi connectivity index (χ1v) is 12.8. The Morgan fingerprint density at radius 2 is 1.58 bits per heavy atom. The minimum Gasteiger partial charge on any atom is -0.396 e. The van der Waals surface area contributed by atoms with Gasteiger partial charge in [-0.05, 0) is 42.7 Å². The molecule has 33 heavy (non-hydrogen) atoms. The van der Waals surface area contributed by atoms with E-state index in [4.69, 9.17) is 5.73 Å². The summed E-state index contributed by atoms with van der Waals surface area (Å²) in [5.74, 6) is -0.311. The number of thiophene rings is 1. The number of anilines is 3. The minimum absolute atomic E-state index is 0.0375. The van der Waals surface area contributed by atoms with Gasteiger partial charge in [0.25, 0.3) is 0 Å². The van der Waals surface area contributed by atoms with E-state index < -0.39 is 9.84 Å². The molecule has 0 amide bonds. The summed E-state index contributed by atoms with van der Waals surface area (Å²) in [5.41, 5.74) is 9.51. The van der Waals surface area contributed by atoms with Crippen molar-refractivity contribution in [3.8, 4) is 0 Å². The van der Waals surface area contributed by atoms with E-state index >= 15 is 0 Å². The highest BCUT2D eigenvalue weighted by Gasteiger charge is 2.31. The molecule has 0 radical (unpaired) electrons. The van der Waals surface area contributed by atoms with Gasteiger partial charge in [0, 0.05) is 11.3 Å². The highest BCUT2D eigenvalue weighted by atomic mass is 32.2. The van der Waals surface area contributed by atoms with Crippen LogP contribution in [0.5, 0.6) is 0 Å². The molecule has 0 aliphatic rings. The summed E-state index contributed by atoms with van der Waals surface area (Å²) in [4.78, 5) is 13.5. The van der Waals surface area contributed by atoms with Crippen LogP contribution in [0.4, 0.5) is 16.4 Å². The van der Waals surface area contributed by atoms with Gasteiger partial charge < -0.3 is 11.1 Å². The fourth-order valence-electron chi connectivity index (χ4n) is 3.52. The zero-order valence-electron chi connectivity index (χ0n) is 18.3. The van der Waals surface area contributed by atoms with Gasteiger partial charge in [-0.1, -0.05) is 67.6 Å². The Morgan fingerprint density at radius 1 is 0.939 bits per heavy atom. The maximum Gasteiger partial charge on any atom is 0.211 e. The van der Waals surface area contributed by atoms with Crippen LogP contribution in [0.25, 0.3) is 0 Å². The number of benzene rings is 3. The van der Waals surface area contributed by atoms with Crippen LogP contribution in [-0.4, -0.2) is 14.2 Å². The fraction of sp³-hybridized carbons (Fsp3) is 0.115. The SMILES string of the molecule is CCc1ccc(S(=O)(=O)c2c(Nc3ccccc3C)sc(C(=O)c3ccccc3)c2N)cc1. The molecule has 1 aromatic heterocycles. The molecule has 7 heteroatoms. The summed E-state index contributed by atoms with van der Waals surface area (Å²) in [6.45, 7) is 3.93. The van der Waals surface area contributed by atoms with E-state index in [0.717, 1.165) is 34.6 Å². The summed E-state index contributed by atoms with van der Waals surface area (Å²) in [5, 5.41) is 3.53. The van der Waals surface area contributed by atoms with Gasteiger partial charge in [-0.2, -0.15) is 0 Å². The van der Waals surface area contributed by atoms with E-state index in [1.54, 1.807) is 48.5 Å². The molecule has 4 rings (SSSR count). The van der Waals surface area contributed by atoms with Crippen molar-refractivity contribution in [2.24, 2.45) is 0 Å². The Bertz CT molecular complexity index is 1410. The van der Waals surface area contributed by atoms with Gasteiger partial charge in [-0.3, -0.25) is 4.79 Å². The third kappa shape index (κ3) is 4.42. The minimum atomic E-state index is -3.98. The van der Waals surface area contributed by atoms with Crippen LogP contribution < -0.4 is 11.1 Å². The van der Waals surface area contributed by atoms with Crippen molar-refractivity contribution < 1.29 is 13.2 Å². The molecule has 0 unspecified atom stereocenters. The largest absolute Gasteiger partial charge is 0.396 e. The fourth-order valence-corrected chi connectivity index (χ4v) is 6.45. The lowest BCUT2D eigenvalue weighted by atomic mass is 10.1. The first-order valence-electron chi connectivity index (χ1n) is 10.5. The molecule has 0 bridgehead atoms. The number of hydrogen-bond acceptors (Lipinski definition) is 6. The van der Waals surface area contributed by atoms with Crippen LogP contribution in [0, 0.1) is 6.92 Å². The van der Waals surface area contributed by atoms with Crippen molar-refractivity contribution in [2.75, 3.05) is 11.1 Å². The zero-order valence-corrected chi connectivity index (χ0v) is 20.0. The molecule has 0 saturated carbocycles. The predicted molar refractivity (Wildman–Crippen MR) is 134 cm³/mol. The third-order valence-electron chi connectivity index (χ3n) is 5.45. The highest BCUT2D eigenvalue weighted by Crippen LogP contribution is 2.44. The van der Waals surface area contributed by atoms with E-state index in [1.165, 1.54) is 0 Å². The number of ketones is 1. The number of nitrogens with two attached hydrogens (primary N) is 1. The van der Waals surface area contributed by atoms with E-state index in [9.17, 15) is 13.2 Å². The maximum atomic E-state index is 13.7. The van der Waals surface area contributed by atoms with Crippen LogP contribution in [0.3, 0.4) is 0 Å². The second kappa shape index (κ2) is 9.21. The number of carbonyl (C=O) groups is 1. The number of aryl methyl sites for hydroxylation is 2. The summed E-state index contributed by atoms with van der Waals surface area (Å²) in [6.07, 6.45) is 0.802. The molecule has 3 aromatic carbocycles. The number of carbonyl (C=O) groups excluding carboxylic acids is 1. The van der Waals surface area contributed by atoms with Gasteiger partial charge >= 0.3 is 0 Å². The van der Waals surface area contributed by atoms with Gasteiger partial charge in [0.2, 0.25) is 15.6 Å². The number of nitrogens with one attached hydrogen (secondary N) is 1. The molecule has 0 saturated heterocycles. The first-order chi connectivity index (χ1) is 15.8. The molecule has 0 aliphatic heterocycles. The molecule has 3 N–H and O–H groups in total. The molecule has 1 heterocycles. The lowest BCUT2D eigenvalue weighted by molar-refractivity contribution is 0.104. The first kappa shape index (κ1) is 22.8. The Morgan fingerprint density at radius 3 is 2.21 bits per heavy atom. The van der Waals surface area contributed by atoms with Crippen molar-refractivity contribution in [1.82, 2.24) is 0 Å². The normalized spacial score (nSPS) is 11.3. The van der Waals surface area contributed by atoms with Crippen LogP contribution in [0.15, 0.2) is 88.7 Å². The summed E-state index contributed by atoms with van der Waals surface area (Å²) >= 11 is 1.06. The average Bonchev–Trinajstić information content (AvgIpc) is 3.17. The Balaban J connectivity index is 1.89. The Hall–Kier alpha value is -3.42. The molecule has 4 aromatic rings. The van der Waals surface area contributed by atoms with Gasteiger partial charge in [-0.25, -0.2) is 8.42 Å². The van der Waals surface area contributed by atoms with Crippen molar-refractivity contribution >= 4 is 43.3 Å². The second-order valence-corrected chi connectivity index (χ2v) is 10.5. The van der Waals surface area contributed by atoms with Crippen LogP contribution >= 0.6 is 11.3 Å². The van der Waals surface area contributed by atoms with E-state index in [1.807, 2.05) is 44.2 Å². The Labute approximate surface area is 197 Å². The summed E-state index contributed by atoms with van der Waals surface area (Å²) in [7, 11) is -3.98. The molecule has 0 spiro atoms. The third-order valence-corrected chi connectivity index (χ3v) is 8.55. The molecule has 5 nitrogen and oxygen atoms in total. The summed E-state index contributed by atoms with van der Waals surface area (Å²) in [6, 6.07) is 23.0. The van der Waals surface area contributed by atoms with Crippen LogP contribution in [0.2, 0.25) is 0 Å². The molecule has 0 fully saturated rings. The second-order valence-electron chi connectivity index (χ2n) is 7.64. The van der Waals surface area contributed by atoms with E-state index in [2.05, 4.69) is 5.32 Å². The molecule has 0 aliphatic carbocycles. The van der Waals surface area contributed by atoms with Crippen molar-refractivity contribution in [2.45, 2.75) is 30.1 Å². The summed E-state index contributed by atoms with van der Waals surface area (Å²) < 4.78 is 27.4. The molecule has 0 atom stereocenters. The van der Waals surface area contributed by atoms with Crippen molar-refractivity contribution in [1.29, 1.82) is 0 Å². The Kier molecular flexibility index (Phi) is 6.35. The lowest BCUT2D eigenvalue weighted by Crippen LogP contribution is -2.08. The number of para-hydroxylation sites is 1. The molecule has 168 valence electrons. The number of sulfone groups is 1. The number of rotatable bonds is 7. The smallest absolute Gasteiger partial charge is 0.211 e. The quantitative estimate of drug-likeness (QED) is 0.319. The lowest BCUT2D eigenvalue weighted by Gasteiger charge is -2.11. The van der Waals surface area contributed by atoms with Crippen LogP contribution in [0.1, 0.15) is 33.3 Å². The van der Waals surface area contributed by atoms with Gasteiger partial charge in [0.15, 0.2) is 0 Å². The van der Waals surface area contributed by atoms with E-state index in [-0.39, 0.29) is 26.1 Å². The number of hydrogen-bond donors (Lipinski definition) is 2. The monoisotopic (exact) mass is 476 g/mol. The van der Waals surface area contributed by atoms with Gasteiger partial charge in [-0.15, -0.1) is 11.3 Å². The predicted octanol–water partition coefficient (Wildman–Crippen LogP) is 6.01. The zero-order chi connectivity index (χ0) is 23.6. The van der Waals surface area contributed by atoms with E-state index in [0.29, 0.717) is 10.6 Å². The highest BCUT2D eigenvalue weighted by molar-refractivity contribution is 7.92. The molecular weight excluding hydrogens is 452 g/mol. The maximum absolute atomic E-state index is 13.7. The van der Waals surface area contributed by atoms with Crippen molar-refractivity contribution in [3.63, 3.8) is 0 Å². The average molecular weight is 477 g/mol. The van der Waals surface area contributed by atoms with Gasteiger partial charge in [0.1, 0.15) is 14.8 Å². The van der Waals surface area contributed by atoms with Gasteiger partial charge in [0.05, 0.1) is 10.6 Å². The van der Waals surface area contributed by atoms with Crippen molar-refractivity contribution in [3.05, 3.63) is 100 Å². The van der Waals surface area contributed by atoms with Crippen LogP contribution in [-0.2, 0) is 16.3 Å².